The Morgan fingerprint density at radius 1 is 1.50 bits per heavy atom. The lowest BCUT2D eigenvalue weighted by molar-refractivity contribution is -0.111. The molecule has 2 nitrogen and oxygen atoms in total. The summed E-state index contributed by atoms with van der Waals surface area (Å²) in [6, 6.07) is 5.28. The Morgan fingerprint density at radius 2 is 2.25 bits per heavy atom. The monoisotopic (exact) mass is 243 g/mol. The smallest absolute Gasteiger partial charge is 0.214 e. The van der Waals surface area contributed by atoms with Crippen molar-refractivity contribution >= 4 is 32.8 Å². The average molecular weight is 244 g/mol. The molecule has 1 unspecified atom stereocenters. The number of benzene rings is 1. The number of carbonyl (C=O) groups excluding carboxylic acids is 1. The molecule has 0 saturated heterocycles. The van der Waals surface area contributed by atoms with Gasteiger partial charge in [-0.25, -0.2) is 0 Å². The molecule has 2 rings (SSSR count). The summed E-state index contributed by atoms with van der Waals surface area (Å²) in [5, 5.41) is 0.0306. The van der Waals surface area contributed by atoms with Crippen LogP contribution in [0.4, 0.5) is 0 Å². The van der Waals surface area contributed by atoms with E-state index in [0.29, 0.717) is 0 Å². The van der Waals surface area contributed by atoms with Gasteiger partial charge in [-0.05, 0) is 35.5 Å². The highest BCUT2D eigenvalue weighted by atomic mass is 79.9. The molecule has 0 radical (unpaired) electrons. The van der Waals surface area contributed by atoms with E-state index >= 15 is 0 Å². The van der Waals surface area contributed by atoms with E-state index in [0.717, 1.165) is 14.9 Å². The van der Waals surface area contributed by atoms with Crippen molar-refractivity contribution < 1.29 is 4.79 Å². The molecule has 0 fully saturated rings. The fourth-order valence-corrected chi connectivity index (χ4v) is 2.44. The zero-order valence-electron chi connectivity index (χ0n) is 6.08. The fraction of sp³-hybridized carbons (Fsp3) is 0.125. The van der Waals surface area contributed by atoms with Gasteiger partial charge in [-0.15, -0.1) is 0 Å². The fourth-order valence-electron chi connectivity index (χ4n) is 1.15. The Hall–Kier alpha value is -0.320. The van der Waals surface area contributed by atoms with Gasteiger partial charge >= 0.3 is 0 Å². The van der Waals surface area contributed by atoms with Gasteiger partial charge in [0.25, 0.3) is 0 Å². The van der Waals surface area contributed by atoms with E-state index in [4.69, 9.17) is 5.73 Å². The van der Waals surface area contributed by atoms with Crippen LogP contribution in [-0.4, -0.2) is 5.12 Å². The maximum atomic E-state index is 11.2. The summed E-state index contributed by atoms with van der Waals surface area (Å²) in [4.78, 5) is 12.1. The van der Waals surface area contributed by atoms with Crippen LogP contribution >= 0.6 is 27.7 Å². The minimum Gasteiger partial charge on any atom is -0.317 e. The molecule has 4 heteroatoms. The average Bonchev–Trinajstić information content (AvgIpc) is 2.31. The molecular formula is C8H6BrNOS. The van der Waals surface area contributed by atoms with Crippen molar-refractivity contribution in [2.45, 2.75) is 10.9 Å². The molecule has 0 amide bonds. The van der Waals surface area contributed by atoms with E-state index in [-0.39, 0.29) is 5.12 Å². The summed E-state index contributed by atoms with van der Waals surface area (Å²) in [5.41, 5.74) is 6.60. The first kappa shape index (κ1) is 8.29. The lowest BCUT2D eigenvalue weighted by Gasteiger charge is -2.01. The number of halogens is 1. The van der Waals surface area contributed by atoms with E-state index in [9.17, 15) is 4.79 Å². The van der Waals surface area contributed by atoms with Crippen molar-refractivity contribution in [3.63, 3.8) is 0 Å². The summed E-state index contributed by atoms with van der Waals surface area (Å²) in [7, 11) is 0. The largest absolute Gasteiger partial charge is 0.317 e. The predicted molar refractivity (Wildman–Crippen MR) is 51.9 cm³/mol. The van der Waals surface area contributed by atoms with Crippen LogP contribution in [0.25, 0.3) is 0 Å². The van der Waals surface area contributed by atoms with Gasteiger partial charge in [-0.2, -0.15) is 0 Å². The van der Waals surface area contributed by atoms with Crippen molar-refractivity contribution in [1.82, 2.24) is 0 Å². The summed E-state index contributed by atoms with van der Waals surface area (Å²) in [6.45, 7) is 0. The maximum Gasteiger partial charge on any atom is 0.214 e. The third-order valence-corrected chi connectivity index (χ3v) is 3.31. The predicted octanol–water partition coefficient (Wildman–Crippen LogP) is 2.08. The van der Waals surface area contributed by atoms with E-state index in [1.165, 1.54) is 11.8 Å². The minimum absolute atomic E-state index is 0.0306. The molecule has 1 atom stereocenters. The molecular weight excluding hydrogens is 238 g/mol. The van der Waals surface area contributed by atoms with Gasteiger partial charge in [0, 0.05) is 9.37 Å². The van der Waals surface area contributed by atoms with Crippen LogP contribution in [0.1, 0.15) is 11.6 Å². The quantitative estimate of drug-likeness (QED) is 0.759. The summed E-state index contributed by atoms with van der Waals surface area (Å²) in [5.74, 6) is 0. The van der Waals surface area contributed by atoms with Gasteiger partial charge in [-0.3, -0.25) is 4.79 Å². The minimum atomic E-state index is -0.442. The van der Waals surface area contributed by atoms with Crippen LogP contribution in [0, 0.1) is 0 Å². The number of carbonyl (C=O) groups is 1. The highest BCUT2D eigenvalue weighted by Gasteiger charge is 2.28. The first-order valence-electron chi connectivity index (χ1n) is 3.45. The molecule has 1 aliphatic heterocycles. The second kappa shape index (κ2) is 2.87. The van der Waals surface area contributed by atoms with Gasteiger partial charge in [0.2, 0.25) is 5.12 Å². The second-order valence-corrected chi connectivity index (χ2v) is 4.54. The van der Waals surface area contributed by atoms with Crippen molar-refractivity contribution in [2.75, 3.05) is 0 Å². The Bertz CT molecular complexity index is 353. The normalized spacial score (nSPS) is 21.2. The lowest BCUT2D eigenvalue weighted by Crippen LogP contribution is -2.13. The topological polar surface area (TPSA) is 43.1 Å². The van der Waals surface area contributed by atoms with Crippen LogP contribution < -0.4 is 5.73 Å². The van der Waals surface area contributed by atoms with Gasteiger partial charge in [0.1, 0.15) is 6.04 Å². The Balaban J connectivity index is 2.55. The van der Waals surface area contributed by atoms with Gasteiger partial charge in [0.05, 0.1) is 0 Å². The highest BCUT2D eigenvalue weighted by Crippen LogP contribution is 2.39. The molecule has 1 aromatic rings. The van der Waals surface area contributed by atoms with Crippen LogP contribution in [0.2, 0.25) is 0 Å². The molecule has 0 spiro atoms. The Labute approximate surface area is 82.6 Å². The molecule has 0 aromatic heterocycles. The van der Waals surface area contributed by atoms with E-state index in [1.807, 2.05) is 18.2 Å². The zero-order valence-corrected chi connectivity index (χ0v) is 8.48. The van der Waals surface area contributed by atoms with Crippen molar-refractivity contribution in [3.05, 3.63) is 28.2 Å². The molecule has 0 saturated carbocycles. The summed E-state index contributed by atoms with van der Waals surface area (Å²) < 4.78 is 0.965. The lowest BCUT2D eigenvalue weighted by atomic mass is 10.1. The standard InChI is InChI=1S/C8H6BrNOS/c9-4-1-2-6-5(3-4)7(10)8(11)12-6/h1-3,7H,10H2. The number of thioether (sulfide) groups is 1. The first-order valence-corrected chi connectivity index (χ1v) is 5.06. The zero-order chi connectivity index (χ0) is 8.72. The van der Waals surface area contributed by atoms with Gasteiger partial charge in [0.15, 0.2) is 0 Å². The molecule has 12 heavy (non-hydrogen) atoms. The summed E-state index contributed by atoms with van der Waals surface area (Å²) in [6.07, 6.45) is 0. The Kier molecular flexibility index (Phi) is 1.98. The number of hydrogen-bond acceptors (Lipinski definition) is 3. The van der Waals surface area contributed by atoms with Crippen molar-refractivity contribution in [1.29, 1.82) is 0 Å². The molecule has 0 aliphatic carbocycles. The summed E-state index contributed by atoms with van der Waals surface area (Å²) >= 11 is 4.56. The van der Waals surface area contributed by atoms with Crippen LogP contribution in [0.5, 0.6) is 0 Å². The molecule has 2 N–H and O–H groups in total. The van der Waals surface area contributed by atoms with Gasteiger partial charge < -0.3 is 5.73 Å². The van der Waals surface area contributed by atoms with Crippen LogP contribution in [-0.2, 0) is 4.79 Å². The third-order valence-electron chi connectivity index (χ3n) is 1.77. The molecule has 0 bridgehead atoms. The molecule has 1 aliphatic rings. The molecule has 1 aromatic carbocycles. The second-order valence-electron chi connectivity index (χ2n) is 2.58. The number of fused-ring (bicyclic) bond motifs is 1. The Morgan fingerprint density at radius 3 is 3.00 bits per heavy atom. The van der Waals surface area contributed by atoms with Crippen LogP contribution in [0.3, 0.4) is 0 Å². The number of nitrogens with two attached hydrogens (primary N) is 1. The SMILES string of the molecule is NC1C(=O)Sc2ccc(Br)cc21. The third kappa shape index (κ3) is 1.20. The van der Waals surface area contributed by atoms with Crippen molar-refractivity contribution in [3.8, 4) is 0 Å². The number of rotatable bonds is 0. The van der Waals surface area contributed by atoms with Gasteiger partial charge in [-0.1, -0.05) is 15.9 Å². The van der Waals surface area contributed by atoms with Crippen LogP contribution in [0.15, 0.2) is 27.6 Å². The van der Waals surface area contributed by atoms with E-state index in [2.05, 4.69) is 15.9 Å². The molecule has 62 valence electrons. The van der Waals surface area contributed by atoms with E-state index < -0.39 is 6.04 Å². The number of hydrogen-bond donors (Lipinski definition) is 1. The van der Waals surface area contributed by atoms with E-state index in [1.54, 1.807) is 0 Å². The van der Waals surface area contributed by atoms with Crippen molar-refractivity contribution in [2.24, 2.45) is 5.73 Å². The molecule has 1 heterocycles. The maximum absolute atomic E-state index is 11.2. The highest BCUT2D eigenvalue weighted by molar-refractivity contribution is 9.10. The first-order chi connectivity index (χ1) is 5.68.